The molecule has 0 radical (unpaired) electrons. The van der Waals surface area contributed by atoms with Crippen molar-refractivity contribution < 1.29 is 9.21 Å². The van der Waals surface area contributed by atoms with Crippen LogP contribution >= 0.6 is 0 Å². The maximum absolute atomic E-state index is 12.2. The molecule has 7 heteroatoms. The molecule has 24 heavy (non-hydrogen) atoms. The highest BCUT2D eigenvalue weighted by atomic mass is 16.3. The van der Waals surface area contributed by atoms with Crippen LogP contribution in [0.2, 0.25) is 0 Å². The lowest BCUT2D eigenvalue weighted by Crippen LogP contribution is -2.31. The number of hydrogen-bond acceptors (Lipinski definition) is 5. The molecule has 0 aliphatic rings. The Balaban J connectivity index is 1.74. The van der Waals surface area contributed by atoms with Gasteiger partial charge >= 0.3 is 0 Å². The predicted octanol–water partition coefficient (Wildman–Crippen LogP) is 2.17. The summed E-state index contributed by atoms with van der Waals surface area (Å²) in [6, 6.07) is 10.00. The van der Waals surface area contributed by atoms with Crippen LogP contribution in [0.15, 0.2) is 64.3 Å². The van der Waals surface area contributed by atoms with E-state index in [9.17, 15) is 9.59 Å². The molecule has 0 aromatic carbocycles. The normalized spacial score (nSPS) is 11.9. The van der Waals surface area contributed by atoms with E-state index >= 15 is 0 Å². The molecule has 7 nitrogen and oxygen atoms in total. The number of aromatic nitrogens is 3. The number of furan rings is 1. The molecule has 0 saturated heterocycles. The molecule has 3 aromatic heterocycles. The van der Waals surface area contributed by atoms with Crippen LogP contribution in [0.3, 0.4) is 0 Å². The Morgan fingerprint density at radius 1 is 1.29 bits per heavy atom. The highest BCUT2D eigenvalue weighted by Gasteiger charge is 2.16. The van der Waals surface area contributed by atoms with Crippen LogP contribution in [0.4, 0.5) is 5.69 Å². The van der Waals surface area contributed by atoms with Crippen molar-refractivity contribution >= 4 is 11.6 Å². The lowest BCUT2D eigenvalue weighted by atomic mass is 10.1. The molecular formula is C17H16N4O3. The first-order valence-corrected chi connectivity index (χ1v) is 7.46. The fourth-order valence-electron chi connectivity index (χ4n) is 2.18. The van der Waals surface area contributed by atoms with E-state index in [1.165, 1.54) is 17.0 Å². The Morgan fingerprint density at radius 2 is 2.17 bits per heavy atom. The van der Waals surface area contributed by atoms with Crippen LogP contribution in [-0.4, -0.2) is 20.7 Å². The number of amides is 1. The van der Waals surface area contributed by atoms with Gasteiger partial charge < -0.3 is 9.73 Å². The second-order valence-electron chi connectivity index (χ2n) is 5.35. The van der Waals surface area contributed by atoms with Gasteiger partial charge in [0.15, 0.2) is 5.76 Å². The molecule has 0 bridgehead atoms. The van der Waals surface area contributed by atoms with E-state index in [0.29, 0.717) is 17.1 Å². The second kappa shape index (κ2) is 6.91. The van der Waals surface area contributed by atoms with Crippen LogP contribution in [0.1, 0.15) is 6.92 Å². The van der Waals surface area contributed by atoms with Gasteiger partial charge in [-0.05, 0) is 30.3 Å². The molecule has 1 amide bonds. The van der Waals surface area contributed by atoms with E-state index in [2.05, 4.69) is 15.4 Å². The molecule has 3 rings (SSSR count). The highest BCUT2D eigenvalue weighted by Crippen LogP contribution is 2.15. The van der Waals surface area contributed by atoms with Crippen LogP contribution in [-0.2, 0) is 11.3 Å². The number of hydrogen-bond donors (Lipinski definition) is 1. The van der Waals surface area contributed by atoms with Crippen molar-refractivity contribution in [3.05, 3.63) is 65.4 Å². The number of pyridine rings is 1. The van der Waals surface area contributed by atoms with Crippen LogP contribution in [0.5, 0.6) is 0 Å². The van der Waals surface area contributed by atoms with E-state index < -0.39 is 5.92 Å². The summed E-state index contributed by atoms with van der Waals surface area (Å²) < 4.78 is 6.55. The van der Waals surface area contributed by atoms with Gasteiger partial charge in [0.05, 0.1) is 30.6 Å². The average molecular weight is 324 g/mol. The van der Waals surface area contributed by atoms with Gasteiger partial charge in [-0.2, -0.15) is 5.10 Å². The summed E-state index contributed by atoms with van der Waals surface area (Å²) in [5.74, 6) is -0.0847. The molecule has 0 fully saturated rings. The molecule has 3 aromatic rings. The summed E-state index contributed by atoms with van der Waals surface area (Å²) in [6.07, 6.45) is 4.73. The van der Waals surface area contributed by atoms with Gasteiger partial charge in [0.2, 0.25) is 5.91 Å². The van der Waals surface area contributed by atoms with Crippen LogP contribution in [0, 0.1) is 5.92 Å². The minimum Gasteiger partial charge on any atom is -0.463 e. The van der Waals surface area contributed by atoms with E-state index in [0.717, 1.165) is 0 Å². The second-order valence-corrected chi connectivity index (χ2v) is 5.35. The fraction of sp³-hybridized carbons (Fsp3) is 0.176. The van der Waals surface area contributed by atoms with Crippen molar-refractivity contribution in [1.82, 2.24) is 14.8 Å². The van der Waals surface area contributed by atoms with Crippen molar-refractivity contribution in [3.63, 3.8) is 0 Å². The summed E-state index contributed by atoms with van der Waals surface area (Å²) >= 11 is 0. The number of rotatable bonds is 5. The van der Waals surface area contributed by atoms with Gasteiger partial charge in [-0.3, -0.25) is 14.6 Å². The number of carbonyl (C=O) groups is 1. The molecular weight excluding hydrogens is 308 g/mol. The summed E-state index contributed by atoms with van der Waals surface area (Å²) in [5.41, 5.74) is 0.879. The van der Waals surface area contributed by atoms with Crippen LogP contribution in [0.25, 0.3) is 11.5 Å². The van der Waals surface area contributed by atoms with Gasteiger partial charge in [0, 0.05) is 12.3 Å². The van der Waals surface area contributed by atoms with Gasteiger partial charge in [-0.1, -0.05) is 6.92 Å². The van der Waals surface area contributed by atoms with E-state index in [4.69, 9.17) is 4.42 Å². The van der Waals surface area contributed by atoms with E-state index in [1.807, 2.05) is 0 Å². The Hall–Kier alpha value is -3.22. The number of anilines is 1. The lowest BCUT2D eigenvalue weighted by molar-refractivity contribution is -0.119. The molecule has 122 valence electrons. The van der Waals surface area contributed by atoms with E-state index in [1.54, 1.807) is 49.6 Å². The summed E-state index contributed by atoms with van der Waals surface area (Å²) in [7, 11) is 0. The molecule has 0 spiro atoms. The van der Waals surface area contributed by atoms with Gasteiger partial charge in [0.1, 0.15) is 5.69 Å². The number of nitrogens with zero attached hydrogens (tertiary/aromatic N) is 3. The number of nitrogens with one attached hydrogen (secondary N) is 1. The maximum Gasteiger partial charge on any atom is 0.266 e. The molecule has 0 aliphatic heterocycles. The predicted molar refractivity (Wildman–Crippen MR) is 88.2 cm³/mol. The Morgan fingerprint density at radius 3 is 2.88 bits per heavy atom. The topological polar surface area (TPSA) is 90.0 Å². The van der Waals surface area contributed by atoms with Crippen molar-refractivity contribution in [2.45, 2.75) is 13.5 Å². The molecule has 3 heterocycles. The zero-order valence-electron chi connectivity index (χ0n) is 13.0. The van der Waals surface area contributed by atoms with Crippen molar-refractivity contribution in [2.75, 3.05) is 5.32 Å². The fourth-order valence-corrected chi connectivity index (χ4v) is 2.18. The van der Waals surface area contributed by atoms with Gasteiger partial charge in [-0.25, -0.2) is 4.68 Å². The Kier molecular flexibility index (Phi) is 4.51. The highest BCUT2D eigenvalue weighted by molar-refractivity contribution is 5.92. The summed E-state index contributed by atoms with van der Waals surface area (Å²) in [4.78, 5) is 28.2. The molecule has 1 N–H and O–H groups in total. The monoisotopic (exact) mass is 324 g/mol. The van der Waals surface area contributed by atoms with Crippen LogP contribution < -0.4 is 10.9 Å². The minimum absolute atomic E-state index is 0.166. The third-order valence-electron chi connectivity index (χ3n) is 3.46. The first-order valence-electron chi connectivity index (χ1n) is 7.46. The summed E-state index contributed by atoms with van der Waals surface area (Å²) in [5, 5.41) is 7.02. The molecule has 1 atom stereocenters. The molecule has 0 aliphatic carbocycles. The molecule has 0 unspecified atom stereocenters. The Labute approximate surface area is 138 Å². The standard InChI is InChI=1S/C17H16N4O3/c1-12(17(23)19-13-4-2-8-18-10-13)11-21-16(22)7-6-14(20-21)15-5-3-9-24-15/h2-10,12H,11H2,1H3,(H,19,23)/t12-/m0/s1. The van der Waals surface area contributed by atoms with Crippen molar-refractivity contribution in [1.29, 1.82) is 0 Å². The quantitative estimate of drug-likeness (QED) is 0.777. The SMILES string of the molecule is C[C@@H](Cn1nc(-c2ccco2)ccc1=O)C(=O)Nc1cccnc1. The Bertz CT molecular complexity index is 872. The zero-order valence-corrected chi connectivity index (χ0v) is 13.0. The van der Waals surface area contributed by atoms with Gasteiger partial charge in [-0.15, -0.1) is 0 Å². The van der Waals surface area contributed by atoms with Gasteiger partial charge in [0.25, 0.3) is 5.56 Å². The largest absolute Gasteiger partial charge is 0.463 e. The van der Waals surface area contributed by atoms with Crippen molar-refractivity contribution in [2.24, 2.45) is 5.92 Å². The van der Waals surface area contributed by atoms with Crippen molar-refractivity contribution in [3.8, 4) is 11.5 Å². The summed E-state index contributed by atoms with van der Waals surface area (Å²) in [6.45, 7) is 1.90. The third kappa shape index (κ3) is 3.57. The average Bonchev–Trinajstić information content (AvgIpc) is 3.12. The molecule has 0 saturated carbocycles. The lowest BCUT2D eigenvalue weighted by Gasteiger charge is -2.13. The maximum atomic E-state index is 12.2. The first kappa shape index (κ1) is 15.7. The third-order valence-corrected chi connectivity index (χ3v) is 3.46. The zero-order chi connectivity index (χ0) is 16.9. The smallest absolute Gasteiger partial charge is 0.266 e. The first-order chi connectivity index (χ1) is 11.6. The van der Waals surface area contributed by atoms with E-state index in [-0.39, 0.29) is 18.0 Å². The minimum atomic E-state index is -0.442. The number of carbonyl (C=O) groups excluding carboxylic acids is 1.